The van der Waals surface area contributed by atoms with Gasteiger partial charge in [-0.25, -0.2) is 9.78 Å². The van der Waals surface area contributed by atoms with E-state index in [4.69, 9.17) is 4.74 Å². The third-order valence-electron chi connectivity index (χ3n) is 5.57. The Morgan fingerprint density at radius 2 is 1.91 bits per heavy atom. The summed E-state index contributed by atoms with van der Waals surface area (Å²) in [5.74, 6) is -1.98. The summed E-state index contributed by atoms with van der Waals surface area (Å²) in [6.45, 7) is 7.73. The van der Waals surface area contributed by atoms with Gasteiger partial charge in [-0.05, 0) is 42.3 Å². The van der Waals surface area contributed by atoms with E-state index in [2.05, 4.69) is 18.8 Å². The van der Waals surface area contributed by atoms with Gasteiger partial charge < -0.3 is 9.84 Å². The largest absolute Gasteiger partial charge is 0.503 e. The molecule has 0 aliphatic carbocycles. The first-order valence-electron chi connectivity index (χ1n) is 10.8. The van der Waals surface area contributed by atoms with Crippen LogP contribution >= 0.6 is 22.7 Å². The second kappa shape index (κ2) is 9.52. The molecule has 0 fully saturated rings. The average molecular weight is 497 g/mol. The number of aliphatic hydroxyl groups excluding tert-OH is 1. The van der Waals surface area contributed by atoms with Gasteiger partial charge in [-0.2, -0.15) is 0 Å². The average Bonchev–Trinajstić information content (AvgIpc) is 3.53. The highest BCUT2D eigenvalue weighted by atomic mass is 32.1. The van der Waals surface area contributed by atoms with Crippen LogP contribution in [0.1, 0.15) is 68.9 Å². The lowest BCUT2D eigenvalue weighted by molar-refractivity contribution is -0.117. The van der Waals surface area contributed by atoms with Crippen LogP contribution in [0, 0.1) is 6.92 Å². The van der Waals surface area contributed by atoms with Crippen LogP contribution in [0.3, 0.4) is 0 Å². The molecule has 0 saturated carbocycles. The second-order valence-electron chi connectivity index (χ2n) is 8.10. The fourth-order valence-corrected chi connectivity index (χ4v) is 5.49. The highest BCUT2D eigenvalue weighted by Crippen LogP contribution is 2.44. The second-order valence-corrected chi connectivity index (χ2v) is 10.0. The molecule has 0 radical (unpaired) electrons. The molecule has 3 heterocycles. The number of thiophene rings is 1. The summed E-state index contributed by atoms with van der Waals surface area (Å²) in [4.78, 5) is 45.4. The number of benzene rings is 1. The lowest BCUT2D eigenvalue weighted by atomic mass is 9.93. The zero-order valence-electron chi connectivity index (χ0n) is 19.2. The molecule has 2 aromatic heterocycles. The molecule has 176 valence electrons. The number of Topliss-reactive ketones (excluding diaryl/α,β-unsaturated/α-hetero) is 1. The van der Waals surface area contributed by atoms with Crippen molar-refractivity contribution >= 4 is 45.5 Å². The number of rotatable bonds is 7. The molecule has 1 amide bonds. The normalized spacial score (nSPS) is 16.0. The number of aromatic nitrogens is 1. The number of hydrogen-bond acceptors (Lipinski definition) is 8. The number of ketones is 1. The number of nitrogens with zero attached hydrogens (tertiary/aromatic N) is 2. The summed E-state index contributed by atoms with van der Waals surface area (Å²) in [7, 11) is 0. The molecule has 7 nitrogen and oxygen atoms in total. The molecule has 34 heavy (non-hydrogen) atoms. The molecule has 1 aromatic carbocycles. The summed E-state index contributed by atoms with van der Waals surface area (Å²) in [5.41, 5.74) is 2.17. The highest BCUT2D eigenvalue weighted by Gasteiger charge is 2.46. The summed E-state index contributed by atoms with van der Waals surface area (Å²) in [6, 6.07) is 10.1. The van der Waals surface area contributed by atoms with Gasteiger partial charge in [0.25, 0.3) is 5.91 Å². The monoisotopic (exact) mass is 496 g/mol. The van der Waals surface area contributed by atoms with Crippen LogP contribution in [0.5, 0.6) is 0 Å². The number of carbonyl (C=O) groups is 3. The number of amides is 1. The molecule has 3 aromatic rings. The van der Waals surface area contributed by atoms with Crippen molar-refractivity contribution in [2.24, 2.45) is 0 Å². The molecule has 0 spiro atoms. The van der Waals surface area contributed by atoms with Crippen LogP contribution in [0.4, 0.5) is 5.13 Å². The molecule has 0 unspecified atom stereocenters. The Labute approximate surface area is 205 Å². The lowest BCUT2D eigenvalue weighted by Crippen LogP contribution is -2.31. The Balaban J connectivity index is 1.84. The highest BCUT2D eigenvalue weighted by molar-refractivity contribution is 7.17. The summed E-state index contributed by atoms with van der Waals surface area (Å²) < 4.78 is 5.10. The molecule has 4 rings (SSSR count). The third-order valence-corrected chi connectivity index (χ3v) is 7.57. The maximum absolute atomic E-state index is 13.4. The summed E-state index contributed by atoms with van der Waals surface area (Å²) >= 11 is 2.24. The zero-order chi connectivity index (χ0) is 24.6. The van der Waals surface area contributed by atoms with Crippen molar-refractivity contribution in [1.29, 1.82) is 0 Å². The van der Waals surface area contributed by atoms with Crippen LogP contribution in [-0.2, 0) is 9.53 Å². The van der Waals surface area contributed by atoms with Gasteiger partial charge in [-0.3, -0.25) is 14.5 Å². The molecule has 0 bridgehead atoms. The third kappa shape index (κ3) is 4.17. The first-order valence-corrected chi connectivity index (χ1v) is 12.5. The zero-order valence-corrected chi connectivity index (χ0v) is 20.8. The number of aliphatic hydroxyl groups is 1. The lowest BCUT2D eigenvalue weighted by Gasteiger charge is -2.24. The van der Waals surface area contributed by atoms with Crippen molar-refractivity contribution in [2.75, 3.05) is 11.5 Å². The minimum atomic E-state index is -0.885. The predicted molar refractivity (Wildman–Crippen MR) is 132 cm³/mol. The van der Waals surface area contributed by atoms with Gasteiger partial charge in [-0.1, -0.05) is 55.5 Å². The van der Waals surface area contributed by atoms with E-state index in [1.54, 1.807) is 31.4 Å². The Morgan fingerprint density at radius 3 is 2.50 bits per heavy atom. The maximum Gasteiger partial charge on any atom is 0.350 e. The van der Waals surface area contributed by atoms with E-state index in [0.717, 1.165) is 16.9 Å². The number of thiazole rings is 1. The van der Waals surface area contributed by atoms with Crippen molar-refractivity contribution < 1.29 is 24.2 Å². The predicted octanol–water partition coefficient (Wildman–Crippen LogP) is 5.60. The van der Waals surface area contributed by atoms with E-state index in [-0.39, 0.29) is 22.2 Å². The van der Waals surface area contributed by atoms with Crippen molar-refractivity contribution in [2.45, 2.75) is 39.7 Å². The Hall–Kier alpha value is -3.30. The summed E-state index contributed by atoms with van der Waals surface area (Å²) in [6.07, 6.45) is 0. The van der Waals surface area contributed by atoms with Crippen LogP contribution < -0.4 is 4.90 Å². The molecular weight excluding hydrogens is 472 g/mol. The van der Waals surface area contributed by atoms with E-state index in [1.165, 1.54) is 16.2 Å². The summed E-state index contributed by atoms with van der Waals surface area (Å²) in [5, 5.41) is 12.8. The number of esters is 1. The van der Waals surface area contributed by atoms with Gasteiger partial charge in [0.05, 0.1) is 28.8 Å². The fraction of sp³-hybridized carbons (Fsp3) is 0.280. The minimum Gasteiger partial charge on any atom is -0.503 e. The maximum atomic E-state index is 13.4. The van der Waals surface area contributed by atoms with Gasteiger partial charge in [-0.15, -0.1) is 11.3 Å². The Bertz CT molecular complexity index is 1270. The quantitative estimate of drug-likeness (QED) is 0.338. The van der Waals surface area contributed by atoms with Crippen LogP contribution in [0.2, 0.25) is 0 Å². The van der Waals surface area contributed by atoms with Crippen LogP contribution in [0.25, 0.3) is 0 Å². The smallest absolute Gasteiger partial charge is 0.350 e. The van der Waals surface area contributed by atoms with Gasteiger partial charge in [0, 0.05) is 0 Å². The number of carbonyl (C=O) groups excluding carboxylic acids is 3. The minimum absolute atomic E-state index is 0.00437. The van der Waals surface area contributed by atoms with Crippen molar-refractivity contribution in [3.8, 4) is 0 Å². The van der Waals surface area contributed by atoms with Crippen molar-refractivity contribution in [3.63, 3.8) is 0 Å². The molecule has 1 N–H and O–H groups in total. The van der Waals surface area contributed by atoms with Gasteiger partial charge in [0.15, 0.2) is 10.9 Å². The van der Waals surface area contributed by atoms with E-state index in [1.807, 2.05) is 24.3 Å². The molecule has 1 atom stereocenters. The first kappa shape index (κ1) is 23.8. The molecule has 1 aliphatic rings. The topological polar surface area (TPSA) is 96.8 Å². The van der Waals surface area contributed by atoms with Gasteiger partial charge in [0.2, 0.25) is 5.78 Å². The molecule has 0 saturated heterocycles. The van der Waals surface area contributed by atoms with E-state index in [0.29, 0.717) is 22.1 Å². The van der Waals surface area contributed by atoms with Gasteiger partial charge >= 0.3 is 5.97 Å². The molecule has 1 aliphatic heterocycles. The number of hydrogen-bond donors (Lipinski definition) is 1. The first-order chi connectivity index (χ1) is 16.2. The van der Waals surface area contributed by atoms with Gasteiger partial charge in [0.1, 0.15) is 4.88 Å². The number of aryl methyl sites for hydroxylation is 1. The Morgan fingerprint density at radius 1 is 1.21 bits per heavy atom. The van der Waals surface area contributed by atoms with E-state index < -0.39 is 29.5 Å². The Kier molecular flexibility index (Phi) is 6.67. The van der Waals surface area contributed by atoms with E-state index in [9.17, 15) is 19.5 Å². The number of ether oxygens (including phenoxy) is 1. The fourth-order valence-electron chi connectivity index (χ4n) is 3.82. The van der Waals surface area contributed by atoms with Crippen molar-refractivity contribution in [3.05, 3.63) is 79.7 Å². The standard InChI is InChI=1S/C25H24N2O5S2/c1-5-32-24(31)22-14(4)26-25(34-22)27-19(16-10-8-15(9-11-16)13(2)3)18(21(29)23(27)30)20(28)17-7-6-12-33-17/h6-13,19,29H,5H2,1-4H3/t19-/m0/s1. The van der Waals surface area contributed by atoms with Crippen molar-refractivity contribution in [1.82, 2.24) is 4.98 Å². The van der Waals surface area contributed by atoms with Crippen LogP contribution in [0.15, 0.2) is 53.1 Å². The number of anilines is 1. The SMILES string of the molecule is CCOC(=O)c1sc(N2C(=O)C(O)=C(C(=O)c3cccs3)[C@@H]2c2ccc(C(C)C)cc2)nc1C. The molecule has 9 heteroatoms. The van der Waals surface area contributed by atoms with Crippen LogP contribution in [-0.4, -0.2) is 34.4 Å². The van der Waals surface area contributed by atoms with E-state index >= 15 is 0 Å². The molecular formula is C25H24N2O5S2.